The number of amides is 3. The minimum absolute atomic E-state index is 0.226. The Bertz CT molecular complexity index is 1420. The van der Waals surface area contributed by atoms with Crippen molar-refractivity contribution < 1.29 is 37.7 Å². The second-order valence-electron chi connectivity index (χ2n) is 8.27. The van der Waals surface area contributed by atoms with E-state index in [4.69, 9.17) is 18.9 Å². The van der Waals surface area contributed by atoms with Crippen molar-refractivity contribution in [1.82, 2.24) is 10.7 Å². The minimum Gasteiger partial charge on any atom is -0.493 e. The van der Waals surface area contributed by atoms with Crippen LogP contribution >= 0.6 is 22.6 Å². The topological polar surface area (TPSA) is 137 Å². The Balaban J connectivity index is 1.49. The van der Waals surface area contributed by atoms with Gasteiger partial charge in [0.2, 0.25) is 0 Å². The molecule has 13 heteroatoms. The molecule has 0 aliphatic rings. The molecule has 0 atom stereocenters. The fraction of sp³-hybridized carbons (Fsp3) is 0.214. The summed E-state index contributed by atoms with van der Waals surface area (Å²) in [6, 6.07) is 14.0. The summed E-state index contributed by atoms with van der Waals surface area (Å²) in [7, 11) is 4.52. The first-order chi connectivity index (χ1) is 19.7. The van der Waals surface area contributed by atoms with Crippen LogP contribution in [-0.2, 0) is 20.8 Å². The molecule has 0 saturated heterocycles. The fourth-order valence-electron chi connectivity index (χ4n) is 3.48. The first kappa shape index (κ1) is 31.1. The highest BCUT2D eigenvalue weighted by Gasteiger charge is 2.15. The zero-order valence-corrected chi connectivity index (χ0v) is 24.6. The van der Waals surface area contributed by atoms with Crippen molar-refractivity contribution in [2.24, 2.45) is 5.10 Å². The number of hydrogen-bond donors (Lipinski definition) is 3. The van der Waals surface area contributed by atoms with Crippen LogP contribution in [0.4, 0.5) is 10.1 Å². The molecule has 0 spiro atoms. The van der Waals surface area contributed by atoms with Crippen molar-refractivity contribution in [3.05, 3.63) is 75.1 Å². The molecule has 0 saturated carbocycles. The van der Waals surface area contributed by atoms with Crippen LogP contribution in [0.3, 0.4) is 0 Å². The van der Waals surface area contributed by atoms with Crippen LogP contribution in [0.15, 0.2) is 59.7 Å². The average Bonchev–Trinajstić information content (AvgIpc) is 2.97. The quantitative estimate of drug-likeness (QED) is 0.116. The number of methoxy groups -OCH3 is 3. The second-order valence-corrected chi connectivity index (χ2v) is 9.43. The van der Waals surface area contributed by atoms with E-state index in [1.54, 1.807) is 31.4 Å². The number of anilines is 1. The van der Waals surface area contributed by atoms with Crippen molar-refractivity contribution in [1.29, 1.82) is 0 Å². The fourth-order valence-corrected chi connectivity index (χ4v) is 4.26. The highest BCUT2D eigenvalue weighted by molar-refractivity contribution is 14.1. The Kier molecular flexibility index (Phi) is 11.7. The monoisotopic (exact) mass is 678 g/mol. The number of carbonyl (C=O) groups is 3. The van der Waals surface area contributed by atoms with E-state index in [1.807, 2.05) is 28.7 Å². The molecule has 11 nitrogen and oxygen atoms in total. The highest BCUT2D eigenvalue weighted by atomic mass is 127. The van der Waals surface area contributed by atoms with Crippen LogP contribution in [0.2, 0.25) is 0 Å². The number of rotatable bonds is 12. The summed E-state index contributed by atoms with van der Waals surface area (Å²) in [5, 5.41) is 8.98. The van der Waals surface area contributed by atoms with Crippen molar-refractivity contribution in [2.75, 3.05) is 39.8 Å². The molecular weight excluding hydrogens is 650 g/mol. The largest absolute Gasteiger partial charge is 0.493 e. The van der Waals surface area contributed by atoms with Crippen LogP contribution in [0.25, 0.3) is 0 Å². The average molecular weight is 678 g/mol. The van der Waals surface area contributed by atoms with Gasteiger partial charge in [-0.05, 0) is 88.7 Å². The van der Waals surface area contributed by atoms with E-state index >= 15 is 0 Å². The molecule has 3 N–H and O–H groups in total. The van der Waals surface area contributed by atoms with Crippen LogP contribution in [0, 0.1) is 9.39 Å². The molecule has 3 rings (SSSR count). The lowest BCUT2D eigenvalue weighted by atomic mass is 10.1. The zero-order chi connectivity index (χ0) is 29.8. The summed E-state index contributed by atoms with van der Waals surface area (Å²) in [6.45, 7) is -0.0847. The molecule has 0 fully saturated rings. The molecule has 0 aliphatic heterocycles. The smallest absolute Gasteiger partial charge is 0.329 e. The lowest BCUT2D eigenvalue weighted by Gasteiger charge is -2.13. The summed E-state index contributed by atoms with van der Waals surface area (Å²) < 4.78 is 35.1. The van der Waals surface area contributed by atoms with E-state index in [9.17, 15) is 18.8 Å². The lowest BCUT2D eigenvalue weighted by Crippen LogP contribution is -2.38. The van der Waals surface area contributed by atoms with Crippen molar-refractivity contribution >= 4 is 52.2 Å². The third kappa shape index (κ3) is 9.34. The van der Waals surface area contributed by atoms with Gasteiger partial charge in [0.25, 0.3) is 5.91 Å². The van der Waals surface area contributed by atoms with E-state index in [-0.39, 0.29) is 13.2 Å². The van der Waals surface area contributed by atoms with Crippen molar-refractivity contribution in [3.8, 4) is 23.0 Å². The van der Waals surface area contributed by atoms with Gasteiger partial charge < -0.3 is 29.6 Å². The number of ether oxygens (including phenoxy) is 4. The summed E-state index contributed by atoms with van der Waals surface area (Å²) >= 11 is 2.01. The number of halogens is 2. The van der Waals surface area contributed by atoms with Gasteiger partial charge in [0.05, 0.1) is 31.1 Å². The van der Waals surface area contributed by atoms with Gasteiger partial charge >= 0.3 is 11.8 Å². The van der Waals surface area contributed by atoms with Crippen molar-refractivity contribution in [2.45, 2.75) is 6.42 Å². The third-order valence-corrected chi connectivity index (χ3v) is 6.26. The molecule has 0 aliphatic carbocycles. The van der Waals surface area contributed by atoms with E-state index in [1.165, 1.54) is 44.7 Å². The molecule has 41 heavy (non-hydrogen) atoms. The molecule has 0 heterocycles. The van der Waals surface area contributed by atoms with Gasteiger partial charge in [-0.25, -0.2) is 9.82 Å². The van der Waals surface area contributed by atoms with E-state index in [0.717, 1.165) is 5.56 Å². The number of nitrogens with zero attached hydrogens (tertiary/aromatic N) is 1. The minimum atomic E-state index is -0.928. The van der Waals surface area contributed by atoms with Crippen LogP contribution in [-0.4, -0.2) is 58.4 Å². The van der Waals surface area contributed by atoms with Gasteiger partial charge in [-0.15, -0.1) is 0 Å². The number of carbonyl (C=O) groups excluding carboxylic acids is 3. The predicted molar refractivity (Wildman–Crippen MR) is 158 cm³/mol. The summed E-state index contributed by atoms with van der Waals surface area (Å²) in [5.41, 5.74) is 4.05. The Morgan fingerprint density at radius 2 is 1.61 bits per heavy atom. The maximum Gasteiger partial charge on any atom is 0.329 e. The Morgan fingerprint density at radius 1 is 0.902 bits per heavy atom. The van der Waals surface area contributed by atoms with E-state index in [2.05, 4.69) is 21.2 Å². The first-order valence-electron chi connectivity index (χ1n) is 12.1. The SMILES string of the molecule is COc1ccc(CCNC(=O)C(=O)N/N=C\c2cc(I)c(OCC(=O)Nc3ccc(F)cc3)c(OC)c2)cc1OC. The Hall–Kier alpha value is -4.40. The standard InChI is InChI=1S/C28H28FIN4O7/c1-38-22-9-4-17(13-23(22)39-2)10-11-31-27(36)28(37)34-32-15-18-12-21(30)26(24(14-18)40-3)41-16-25(35)33-20-7-5-19(29)6-8-20/h4-9,12-15H,10-11,16H2,1-3H3,(H,31,36)(H,33,35)(H,34,37)/b32-15-. The summed E-state index contributed by atoms with van der Waals surface area (Å²) in [6.07, 6.45) is 1.81. The molecule has 216 valence electrons. The van der Waals surface area contributed by atoms with E-state index in [0.29, 0.717) is 44.2 Å². The third-order valence-electron chi connectivity index (χ3n) is 5.46. The molecule has 0 bridgehead atoms. The highest BCUT2D eigenvalue weighted by Crippen LogP contribution is 2.33. The molecular formula is C28H28FIN4O7. The van der Waals surface area contributed by atoms with Gasteiger partial charge in [0.15, 0.2) is 29.6 Å². The predicted octanol–water partition coefficient (Wildman–Crippen LogP) is 3.28. The molecule has 0 unspecified atom stereocenters. The summed E-state index contributed by atoms with van der Waals surface area (Å²) in [5.74, 6) is -0.791. The van der Waals surface area contributed by atoms with E-state index < -0.39 is 23.5 Å². The van der Waals surface area contributed by atoms with Crippen LogP contribution < -0.4 is 35.0 Å². The lowest BCUT2D eigenvalue weighted by molar-refractivity contribution is -0.139. The number of benzene rings is 3. The Morgan fingerprint density at radius 3 is 2.29 bits per heavy atom. The molecule has 0 radical (unpaired) electrons. The Labute approximate surface area is 249 Å². The summed E-state index contributed by atoms with van der Waals surface area (Å²) in [4.78, 5) is 36.5. The van der Waals surface area contributed by atoms with Gasteiger partial charge in [-0.3, -0.25) is 14.4 Å². The first-order valence-corrected chi connectivity index (χ1v) is 13.2. The number of hydrogen-bond acceptors (Lipinski definition) is 8. The van der Waals surface area contributed by atoms with Crippen LogP contribution in [0.5, 0.6) is 23.0 Å². The number of hydrazone groups is 1. The molecule has 3 amide bonds. The van der Waals surface area contributed by atoms with Gasteiger partial charge in [0, 0.05) is 12.2 Å². The maximum absolute atomic E-state index is 13.0. The molecule has 3 aromatic rings. The second kappa shape index (κ2) is 15.4. The maximum atomic E-state index is 13.0. The molecule has 0 aromatic heterocycles. The van der Waals surface area contributed by atoms with Crippen molar-refractivity contribution in [3.63, 3.8) is 0 Å². The normalized spacial score (nSPS) is 10.6. The van der Waals surface area contributed by atoms with Gasteiger partial charge in [0.1, 0.15) is 5.82 Å². The van der Waals surface area contributed by atoms with Crippen LogP contribution in [0.1, 0.15) is 11.1 Å². The number of nitrogens with one attached hydrogen (secondary N) is 3. The zero-order valence-electron chi connectivity index (χ0n) is 22.5. The van der Waals surface area contributed by atoms with Gasteiger partial charge in [-0.1, -0.05) is 6.07 Å². The van der Waals surface area contributed by atoms with Gasteiger partial charge in [-0.2, -0.15) is 5.10 Å². The molecule has 3 aromatic carbocycles.